The molecule has 5 N–H and O–H groups in total. The summed E-state index contributed by atoms with van der Waals surface area (Å²) in [7, 11) is 1.86. The SMILES string of the molecule is C[NH2+]c1cnc(NC(=O)N[C@H](C)c2ccc(F)cc2)cc1C=N. The van der Waals surface area contributed by atoms with Crippen LogP contribution in [0.5, 0.6) is 0 Å². The number of amides is 2. The van der Waals surface area contributed by atoms with Gasteiger partial charge in [0.15, 0.2) is 5.69 Å². The third kappa shape index (κ3) is 4.33. The van der Waals surface area contributed by atoms with Crippen LogP contribution in [0.3, 0.4) is 0 Å². The summed E-state index contributed by atoms with van der Waals surface area (Å²) in [5.41, 5.74) is 2.29. The molecular weight excluding hydrogens is 297 g/mol. The average molecular weight is 316 g/mol. The van der Waals surface area contributed by atoms with E-state index in [0.29, 0.717) is 11.4 Å². The number of nitrogens with one attached hydrogen (secondary N) is 3. The quantitative estimate of drug-likeness (QED) is 0.634. The second kappa shape index (κ2) is 7.46. The fraction of sp³-hybridized carbons (Fsp3) is 0.188. The largest absolute Gasteiger partial charge is 0.331 e. The van der Waals surface area contributed by atoms with E-state index in [1.54, 1.807) is 31.3 Å². The molecule has 0 aliphatic carbocycles. The number of benzene rings is 1. The molecule has 1 atom stereocenters. The fourth-order valence-electron chi connectivity index (χ4n) is 2.10. The molecule has 2 rings (SSSR count). The molecule has 23 heavy (non-hydrogen) atoms. The van der Waals surface area contributed by atoms with E-state index in [-0.39, 0.29) is 11.9 Å². The second-order valence-electron chi connectivity index (χ2n) is 5.00. The highest BCUT2D eigenvalue weighted by Crippen LogP contribution is 2.14. The third-order valence-corrected chi connectivity index (χ3v) is 3.39. The molecule has 6 nitrogen and oxygen atoms in total. The maximum Gasteiger partial charge on any atom is 0.320 e. The van der Waals surface area contributed by atoms with E-state index >= 15 is 0 Å². The zero-order valence-corrected chi connectivity index (χ0v) is 12.9. The molecule has 0 spiro atoms. The van der Waals surface area contributed by atoms with Crippen molar-refractivity contribution in [1.82, 2.24) is 10.3 Å². The summed E-state index contributed by atoms with van der Waals surface area (Å²) in [6.45, 7) is 1.80. The van der Waals surface area contributed by atoms with Crippen molar-refractivity contribution >= 4 is 23.8 Å². The van der Waals surface area contributed by atoms with E-state index in [1.807, 2.05) is 12.4 Å². The van der Waals surface area contributed by atoms with Crippen LogP contribution in [0.1, 0.15) is 24.1 Å². The molecule has 0 unspecified atom stereocenters. The normalized spacial score (nSPS) is 11.6. The lowest BCUT2D eigenvalue weighted by Crippen LogP contribution is -2.73. The highest BCUT2D eigenvalue weighted by Gasteiger charge is 2.11. The van der Waals surface area contributed by atoms with Gasteiger partial charge < -0.3 is 16.0 Å². The average Bonchev–Trinajstić information content (AvgIpc) is 2.55. The smallest absolute Gasteiger partial charge is 0.320 e. The summed E-state index contributed by atoms with van der Waals surface area (Å²) in [5.74, 6) is 0.0412. The minimum absolute atomic E-state index is 0.277. The van der Waals surface area contributed by atoms with Crippen molar-refractivity contribution < 1.29 is 14.5 Å². The Balaban J connectivity index is 2.01. The van der Waals surface area contributed by atoms with E-state index in [0.717, 1.165) is 11.3 Å². The van der Waals surface area contributed by atoms with Crippen LogP contribution in [0.4, 0.5) is 20.7 Å². The number of aromatic nitrogens is 1. The minimum atomic E-state index is -0.418. The standard InChI is InChI=1S/C16H18FN5O/c1-10(11-3-5-13(17)6-4-11)21-16(23)22-15-7-12(8-18)14(19-2)9-20-15/h3-10,18-19H,1-2H3,(H2,20,21,22,23)/p+1/t10-/m1/s1. The van der Waals surface area contributed by atoms with Crippen LogP contribution in [-0.2, 0) is 0 Å². The van der Waals surface area contributed by atoms with E-state index in [2.05, 4.69) is 15.6 Å². The Hall–Kier alpha value is -2.80. The van der Waals surface area contributed by atoms with Gasteiger partial charge in [-0.05, 0) is 30.7 Å². The minimum Gasteiger partial charge on any atom is -0.331 e. The molecule has 2 amide bonds. The van der Waals surface area contributed by atoms with E-state index in [4.69, 9.17) is 5.41 Å². The highest BCUT2D eigenvalue weighted by molar-refractivity contribution is 5.91. The number of halogens is 1. The van der Waals surface area contributed by atoms with E-state index < -0.39 is 6.03 Å². The molecule has 0 saturated heterocycles. The van der Waals surface area contributed by atoms with Crippen molar-refractivity contribution in [2.45, 2.75) is 13.0 Å². The molecule has 0 aliphatic heterocycles. The Morgan fingerprint density at radius 2 is 2.09 bits per heavy atom. The van der Waals surface area contributed by atoms with Gasteiger partial charge in [0, 0.05) is 6.21 Å². The Morgan fingerprint density at radius 1 is 1.39 bits per heavy atom. The number of rotatable bonds is 5. The first kappa shape index (κ1) is 16.6. The Morgan fingerprint density at radius 3 is 2.70 bits per heavy atom. The van der Waals surface area contributed by atoms with Crippen LogP contribution in [0.2, 0.25) is 0 Å². The maximum atomic E-state index is 12.9. The van der Waals surface area contributed by atoms with Gasteiger partial charge in [-0.1, -0.05) is 12.1 Å². The Kier molecular flexibility index (Phi) is 5.37. The molecule has 0 aliphatic rings. The first-order valence-electron chi connectivity index (χ1n) is 7.16. The molecule has 1 heterocycles. The summed E-state index contributed by atoms with van der Waals surface area (Å²) in [5, 5.41) is 14.6. The number of urea groups is 1. The zero-order chi connectivity index (χ0) is 16.8. The van der Waals surface area contributed by atoms with Crippen LogP contribution in [0, 0.1) is 11.2 Å². The molecule has 7 heteroatoms. The lowest BCUT2D eigenvalue weighted by molar-refractivity contribution is -0.539. The summed E-state index contributed by atoms with van der Waals surface area (Å²) < 4.78 is 12.9. The number of nitrogens with zero attached hydrogens (tertiary/aromatic N) is 1. The van der Waals surface area contributed by atoms with Crippen LogP contribution >= 0.6 is 0 Å². The maximum absolute atomic E-state index is 12.9. The second-order valence-corrected chi connectivity index (χ2v) is 5.00. The predicted octanol–water partition coefficient (Wildman–Crippen LogP) is 1.93. The van der Waals surface area contributed by atoms with Gasteiger partial charge in [0.2, 0.25) is 0 Å². The van der Waals surface area contributed by atoms with Crippen molar-refractivity contribution in [3.05, 3.63) is 53.5 Å². The highest BCUT2D eigenvalue weighted by atomic mass is 19.1. The van der Waals surface area contributed by atoms with Crippen molar-refractivity contribution in [3.63, 3.8) is 0 Å². The molecule has 0 saturated carbocycles. The lowest BCUT2D eigenvalue weighted by atomic mass is 10.1. The van der Waals surface area contributed by atoms with Gasteiger partial charge in [0.25, 0.3) is 0 Å². The molecule has 0 radical (unpaired) electrons. The van der Waals surface area contributed by atoms with E-state index in [1.165, 1.54) is 18.3 Å². The third-order valence-electron chi connectivity index (χ3n) is 3.39. The number of nitrogens with two attached hydrogens (primary N) is 1. The molecule has 1 aromatic carbocycles. The number of pyridine rings is 1. The van der Waals surface area contributed by atoms with Crippen molar-refractivity contribution in [2.75, 3.05) is 12.4 Å². The Labute approximate surface area is 133 Å². The molecule has 2 aromatic rings. The van der Waals surface area contributed by atoms with Gasteiger partial charge in [-0.15, -0.1) is 0 Å². The fourth-order valence-corrected chi connectivity index (χ4v) is 2.10. The number of carbonyl (C=O) groups is 1. The van der Waals surface area contributed by atoms with Gasteiger partial charge in [-0.3, -0.25) is 5.32 Å². The number of quaternary nitrogens is 1. The molecule has 0 bridgehead atoms. The molecule has 1 aromatic heterocycles. The van der Waals surface area contributed by atoms with Crippen molar-refractivity contribution in [3.8, 4) is 0 Å². The lowest BCUT2D eigenvalue weighted by Gasteiger charge is -2.15. The zero-order valence-electron chi connectivity index (χ0n) is 12.9. The molecule has 0 fully saturated rings. The van der Waals surface area contributed by atoms with Crippen molar-refractivity contribution in [1.29, 1.82) is 5.41 Å². The van der Waals surface area contributed by atoms with Gasteiger partial charge in [-0.25, -0.2) is 14.2 Å². The molecule has 120 valence electrons. The first-order valence-corrected chi connectivity index (χ1v) is 7.16. The van der Waals surface area contributed by atoms with Crippen LogP contribution in [0.25, 0.3) is 0 Å². The summed E-state index contributed by atoms with van der Waals surface area (Å²) >= 11 is 0. The topological polar surface area (TPSA) is 94.5 Å². The number of hydrogen-bond donors (Lipinski definition) is 4. The predicted molar refractivity (Wildman–Crippen MR) is 86.6 cm³/mol. The number of anilines is 1. The number of hydrogen-bond acceptors (Lipinski definition) is 3. The van der Waals surface area contributed by atoms with Gasteiger partial charge in [0.05, 0.1) is 24.8 Å². The summed E-state index contributed by atoms with van der Waals surface area (Å²) in [6.07, 6.45) is 2.81. The first-order chi connectivity index (χ1) is 11.0. The van der Waals surface area contributed by atoms with Gasteiger partial charge in [0.1, 0.15) is 11.6 Å². The van der Waals surface area contributed by atoms with E-state index in [9.17, 15) is 9.18 Å². The monoisotopic (exact) mass is 316 g/mol. The summed E-state index contributed by atoms with van der Waals surface area (Å²) in [4.78, 5) is 16.1. The molecular formula is C16H19FN5O+. The summed E-state index contributed by atoms with van der Waals surface area (Å²) in [6, 6.07) is 6.88. The van der Waals surface area contributed by atoms with Gasteiger partial charge in [-0.2, -0.15) is 0 Å². The Bertz CT molecular complexity index is 702. The van der Waals surface area contributed by atoms with Crippen LogP contribution in [0.15, 0.2) is 36.5 Å². The number of carbonyl (C=O) groups excluding carboxylic acids is 1. The van der Waals surface area contributed by atoms with Gasteiger partial charge >= 0.3 is 6.03 Å². The van der Waals surface area contributed by atoms with Crippen molar-refractivity contribution in [2.24, 2.45) is 0 Å². The van der Waals surface area contributed by atoms with Crippen LogP contribution < -0.4 is 16.0 Å². The van der Waals surface area contributed by atoms with Crippen LogP contribution in [-0.4, -0.2) is 24.3 Å².